The smallest absolute Gasteiger partial charge is 0.114 e. The van der Waals surface area contributed by atoms with Crippen LogP contribution in [0.3, 0.4) is 0 Å². The van der Waals surface area contributed by atoms with Gasteiger partial charge in [-0.2, -0.15) is 21.9 Å². The van der Waals surface area contributed by atoms with Crippen molar-refractivity contribution in [2.75, 3.05) is 0 Å². The summed E-state index contributed by atoms with van der Waals surface area (Å²) in [5.74, 6) is 0. The first-order valence-electron chi connectivity index (χ1n) is 20.1. The Labute approximate surface area is 331 Å². The molecule has 0 radical (unpaired) electrons. The Morgan fingerprint density at radius 3 is 0.474 bits per heavy atom. The van der Waals surface area contributed by atoms with Crippen LogP contribution in [0.2, 0.25) is 0 Å². The van der Waals surface area contributed by atoms with Crippen molar-refractivity contribution >= 4 is 114 Å². The minimum atomic E-state index is -2.11. The molecule has 0 unspecified atom stereocenters. The zero-order chi connectivity index (χ0) is 37.5. The lowest BCUT2D eigenvalue weighted by atomic mass is 9.10. The van der Waals surface area contributed by atoms with Crippen molar-refractivity contribution in [2.45, 2.75) is 0 Å². The van der Waals surface area contributed by atoms with Crippen LogP contribution in [0.25, 0.3) is 86.2 Å². The zero-order valence-electron chi connectivity index (χ0n) is 31.4. The Morgan fingerprint density at radius 1 is 0.175 bits per heavy atom. The summed E-state index contributed by atoms with van der Waals surface area (Å²) in [6.07, 6.45) is -2.11. The third-order valence-electron chi connectivity index (χ3n) is 13.0. The van der Waals surface area contributed by atoms with E-state index >= 15 is 0 Å². The van der Waals surface area contributed by atoms with E-state index in [1.807, 2.05) is 0 Å². The van der Waals surface area contributed by atoms with Crippen LogP contribution < -0.4 is 21.9 Å². The van der Waals surface area contributed by atoms with Gasteiger partial charge < -0.3 is 0 Å². The molecule has 0 bridgehead atoms. The Bertz CT molecular complexity index is 2900. The fraction of sp³-hybridized carbons (Fsp3) is 0. The van der Waals surface area contributed by atoms with Gasteiger partial charge in [-0.3, -0.25) is 0 Å². The van der Waals surface area contributed by atoms with E-state index in [0.717, 1.165) is 0 Å². The summed E-state index contributed by atoms with van der Waals surface area (Å²) in [5, 5.41) is 20.2. The maximum Gasteiger partial charge on any atom is 0.114 e. The van der Waals surface area contributed by atoms with Crippen molar-refractivity contribution in [2.24, 2.45) is 0 Å². The van der Waals surface area contributed by atoms with Crippen LogP contribution in [0.1, 0.15) is 0 Å². The minimum Gasteiger partial charge on any atom is -0.180 e. The number of benzene rings is 12. The average molecular weight is 720 g/mol. The van der Waals surface area contributed by atoms with Crippen LogP contribution in [-0.4, -0.2) is 6.15 Å². The second-order valence-electron chi connectivity index (χ2n) is 15.8. The van der Waals surface area contributed by atoms with E-state index < -0.39 is 6.15 Å². The zero-order valence-corrected chi connectivity index (χ0v) is 31.4. The maximum atomic E-state index is 2.40. The van der Waals surface area contributed by atoms with Gasteiger partial charge in [0.05, 0.1) is 0 Å². The molecule has 0 aliphatic rings. The molecule has 0 N–H and O–H groups in total. The highest BCUT2D eigenvalue weighted by Gasteiger charge is 2.40. The van der Waals surface area contributed by atoms with E-state index in [4.69, 9.17) is 0 Å². The molecule has 0 aromatic heterocycles. The van der Waals surface area contributed by atoms with Gasteiger partial charge in [-0.15, -0.1) is 0 Å². The summed E-state index contributed by atoms with van der Waals surface area (Å²) in [6.45, 7) is 0. The second-order valence-corrected chi connectivity index (χ2v) is 15.8. The third-order valence-corrected chi connectivity index (χ3v) is 13.0. The predicted octanol–water partition coefficient (Wildman–Crippen LogP) is 12.3. The molecule has 264 valence electrons. The van der Waals surface area contributed by atoms with Gasteiger partial charge in [0.1, 0.15) is 6.15 Å². The monoisotopic (exact) mass is 719 g/mol. The molecule has 0 fully saturated rings. The van der Waals surface area contributed by atoms with Crippen LogP contribution in [0.4, 0.5) is 0 Å². The first-order valence-corrected chi connectivity index (χ1v) is 20.1. The first-order chi connectivity index (χ1) is 28.3. The quantitative estimate of drug-likeness (QED) is 0.125. The van der Waals surface area contributed by atoms with E-state index in [-0.39, 0.29) is 0 Å². The first kappa shape index (κ1) is 32.1. The lowest BCUT2D eigenvalue weighted by Crippen LogP contribution is -2.76. The summed E-state index contributed by atoms with van der Waals surface area (Å²) in [4.78, 5) is 0. The molecule has 0 aliphatic carbocycles. The summed E-state index contributed by atoms with van der Waals surface area (Å²) >= 11 is 0. The summed E-state index contributed by atoms with van der Waals surface area (Å²) < 4.78 is 0. The van der Waals surface area contributed by atoms with Gasteiger partial charge in [-0.25, -0.2) is 0 Å². The van der Waals surface area contributed by atoms with Crippen molar-refractivity contribution in [3.8, 4) is 0 Å². The summed E-state index contributed by atoms with van der Waals surface area (Å²) in [6, 6.07) is 82.8. The van der Waals surface area contributed by atoms with Crippen LogP contribution in [0.15, 0.2) is 218 Å². The number of hydrogen-bond donors (Lipinski definition) is 0. The normalized spacial score (nSPS) is 12.2. The van der Waals surface area contributed by atoms with Gasteiger partial charge in [-0.1, -0.05) is 237 Å². The van der Waals surface area contributed by atoms with Crippen molar-refractivity contribution in [1.82, 2.24) is 0 Å². The fourth-order valence-electron chi connectivity index (χ4n) is 10.9. The van der Waals surface area contributed by atoms with Crippen LogP contribution in [0.5, 0.6) is 0 Å². The van der Waals surface area contributed by atoms with Crippen molar-refractivity contribution in [1.29, 1.82) is 0 Å². The van der Waals surface area contributed by atoms with Crippen LogP contribution in [-0.2, 0) is 0 Å². The highest BCUT2D eigenvalue weighted by molar-refractivity contribution is 7.26. The van der Waals surface area contributed by atoms with Crippen LogP contribution in [0, 0.1) is 0 Å². The molecule has 0 atom stereocenters. The van der Waals surface area contributed by atoms with E-state index in [1.165, 1.54) is 108 Å². The fourth-order valence-corrected chi connectivity index (χ4v) is 10.9. The number of hydrogen-bond acceptors (Lipinski definition) is 0. The lowest BCUT2D eigenvalue weighted by molar-refractivity contribution is 1.74. The van der Waals surface area contributed by atoms with E-state index in [0.29, 0.717) is 0 Å². The van der Waals surface area contributed by atoms with Gasteiger partial charge >= 0.3 is 0 Å². The number of fused-ring (bicyclic) bond motifs is 8. The third kappa shape index (κ3) is 4.57. The van der Waals surface area contributed by atoms with E-state index in [1.54, 1.807) is 0 Å². The van der Waals surface area contributed by atoms with Gasteiger partial charge in [0.15, 0.2) is 0 Å². The average Bonchev–Trinajstić information content (AvgIpc) is 3.27. The molecular weight excluding hydrogens is 683 g/mol. The molecule has 1 heteroatoms. The Morgan fingerprint density at radius 2 is 0.316 bits per heavy atom. The van der Waals surface area contributed by atoms with Gasteiger partial charge in [0.25, 0.3) is 0 Å². The molecule has 12 aromatic carbocycles. The Hall–Kier alpha value is -7.22. The van der Waals surface area contributed by atoms with Gasteiger partial charge in [0, 0.05) is 0 Å². The second kappa shape index (κ2) is 12.4. The molecule has 0 heterocycles. The topological polar surface area (TPSA) is 0 Å². The van der Waals surface area contributed by atoms with Crippen molar-refractivity contribution in [3.05, 3.63) is 218 Å². The molecule has 12 aromatic rings. The highest BCUT2D eigenvalue weighted by atomic mass is 14.3. The van der Waals surface area contributed by atoms with Crippen molar-refractivity contribution < 1.29 is 0 Å². The molecule has 0 amide bonds. The predicted molar refractivity (Wildman–Crippen MR) is 250 cm³/mol. The molecule has 0 saturated heterocycles. The van der Waals surface area contributed by atoms with Crippen molar-refractivity contribution in [3.63, 3.8) is 0 Å². The minimum absolute atomic E-state index is 1.25. The standard InChI is InChI=1S/C56H36B/c1-9-25-45-37(17-1)33-38-18-2-10-26-46(38)53(45)57(54-47-27-11-3-19-39(47)34-40-20-4-12-28-48(40)54,55-49-29-13-5-21-41(49)35-42-22-6-14-30-50(42)55)56-51-31-15-7-23-43(51)36-44-24-8-16-32-52(44)56/h1-36H/q-1. The molecule has 57 heavy (non-hydrogen) atoms. The largest absolute Gasteiger partial charge is 0.180 e. The molecular formula is C56H36B-. The number of rotatable bonds is 4. The summed E-state index contributed by atoms with van der Waals surface area (Å²) in [7, 11) is 0. The van der Waals surface area contributed by atoms with Crippen LogP contribution >= 0.6 is 0 Å². The Balaban J connectivity index is 1.55. The SMILES string of the molecule is c1ccc2c([B-](c3c4ccccc4cc4ccccc34)(c3c4ccccc4cc4ccccc34)c3c4ccccc4cc4ccccc34)c3ccccc3cc2c1. The summed E-state index contributed by atoms with van der Waals surface area (Å²) in [5.41, 5.74) is 5.47. The molecule has 0 nitrogen and oxygen atoms in total. The highest BCUT2D eigenvalue weighted by Crippen LogP contribution is 2.36. The van der Waals surface area contributed by atoms with Gasteiger partial charge in [-0.05, 0) is 67.4 Å². The molecule has 12 rings (SSSR count). The molecule has 0 aliphatic heterocycles. The Kier molecular flexibility index (Phi) is 6.98. The molecule has 0 spiro atoms. The van der Waals surface area contributed by atoms with E-state index in [9.17, 15) is 0 Å². The maximum absolute atomic E-state index is 2.40. The molecule has 0 saturated carbocycles. The van der Waals surface area contributed by atoms with E-state index in [2.05, 4.69) is 218 Å². The lowest BCUT2D eigenvalue weighted by Gasteiger charge is -2.49. The van der Waals surface area contributed by atoms with Gasteiger partial charge in [0.2, 0.25) is 0 Å².